The summed E-state index contributed by atoms with van der Waals surface area (Å²) in [5.74, 6) is -0.911. The summed E-state index contributed by atoms with van der Waals surface area (Å²) < 4.78 is 16.9. The monoisotopic (exact) mass is 999 g/mol. The van der Waals surface area contributed by atoms with E-state index in [1.165, 1.54) is 103 Å². The Labute approximate surface area is 444 Å². The number of allylic oxidation sites excluding steroid dienone is 18. The summed E-state index contributed by atoms with van der Waals surface area (Å²) in [6, 6.07) is 0. The molecule has 0 aromatic rings. The highest BCUT2D eigenvalue weighted by molar-refractivity contribution is 5.71. The molecule has 72 heavy (non-hydrogen) atoms. The van der Waals surface area contributed by atoms with Gasteiger partial charge >= 0.3 is 17.9 Å². The lowest BCUT2D eigenvalue weighted by atomic mass is 10.1. The molecule has 0 saturated heterocycles. The van der Waals surface area contributed by atoms with E-state index in [0.717, 1.165) is 128 Å². The van der Waals surface area contributed by atoms with Gasteiger partial charge in [-0.1, -0.05) is 239 Å². The normalized spacial score (nSPS) is 12.9. The van der Waals surface area contributed by atoms with Crippen LogP contribution in [0.2, 0.25) is 0 Å². The number of carbonyl (C=O) groups excluding carboxylic acids is 3. The molecule has 0 fully saturated rings. The van der Waals surface area contributed by atoms with Gasteiger partial charge in [-0.3, -0.25) is 14.4 Å². The molecule has 0 aliphatic carbocycles. The van der Waals surface area contributed by atoms with E-state index >= 15 is 0 Å². The summed E-state index contributed by atoms with van der Waals surface area (Å²) in [5.41, 5.74) is 0. The molecule has 1 atom stereocenters. The fourth-order valence-corrected chi connectivity index (χ4v) is 8.07. The number of unbranched alkanes of at least 4 members (excludes halogenated alkanes) is 24. The van der Waals surface area contributed by atoms with Gasteiger partial charge in [0.25, 0.3) is 0 Å². The fraction of sp³-hybridized carbons (Fsp3) is 0.682. The average molecular weight is 1000 g/mol. The molecule has 1 unspecified atom stereocenters. The molecule has 0 aromatic carbocycles. The van der Waals surface area contributed by atoms with E-state index in [0.29, 0.717) is 19.3 Å². The van der Waals surface area contributed by atoms with E-state index in [1.807, 2.05) is 0 Å². The van der Waals surface area contributed by atoms with Crippen molar-refractivity contribution < 1.29 is 28.6 Å². The van der Waals surface area contributed by atoms with Gasteiger partial charge in [0.05, 0.1) is 0 Å². The number of ether oxygens (including phenoxy) is 3. The van der Waals surface area contributed by atoms with Crippen LogP contribution in [0.25, 0.3) is 0 Å². The lowest BCUT2D eigenvalue weighted by Crippen LogP contribution is -2.30. The zero-order chi connectivity index (χ0) is 52.2. The van der Waals surface area contributed by atoms with Gasteiger partial charge in [0.15, 0.2) is 6.10 Å². The summed E-state index contributed by atoms with van der Waals surface area (Å²) in [4.78, 5) is 38.2. The van der Waals surface area contributed by atoms with Gasteiger partial charge in [-0.2, -0.15) is 0 Å². The van der Waals surface area contributed by atoms with Crippen LogP contribution in [-0.4, -0.2) is 37.2 Å². The van der Waals surface area contributed by atoms with Crippen LogP contribution < -0.4 is 0 Å². The van der Waals surface area contributed by atoms with Crippen LogP contribution in [0.15, 0.2) is 109 Å². The van der Waals surface area contributed by atoms with Crippen LogP contribution in [0.1, 0.15) is 271 Å². The van der Waals surface area contributed by atoms with Gasteiger partial charge in [-0.05, 0) is 122 Å². The number of rotatable bonds is 53. The van der Waals surface area contributed by atoms with Crippen LogP contribution in [0.3, 0.4) is 0 Å². The molecule has 0 rings (SSSR count). The van der Waals surface area contributed by atoms with Gasteiger partial charge < -0.3 is 14.2 Å². The van der Waals surface area contributed by atoms with E-state index in [-0.39, 0.29) is 31.1 Å². The Hall–Kier alpha value is -3.93. The Bertz CT molecular complexity index is 1470. The number of esters is 3. The second-order valence-corrected chi connectivity index (χ2v) is 19.5. The maximum Gasteiger partial charge on any atom is 0.306 e. The van der Waals surface area contributed by atoms with Gasteiger partial charge in [0, 0.05) is 19.3 Å². The lowest BCUT2D eigenvalue weighted by molar-refractivity contribution is -0.167. The van der Waals surface area contributed by atoms with Gasteiger partial charge in [0.1, 0.15) is 13.2 Å². The van der Waals surface area contributed by atoms with E-state index in [1.54, 1.807) is 0 Å². The fourth-order valence-electron chi connectivity index (χ4n) is 8.07. The van der Waals surface area contributed by atoms with Crippen LogP contribution in [0.5, 0.6) is 0 Å². The Morgan fingerprint density at radius 3 is 0.861 bits per heavy atom. The highest BCUT2D eigenvalue weighted by Crippen LogP contribution is 2.15. The standard InChI is InChI=1S/C66H110O6/c1-4-7-10-13-16-19-22-25-27-29-31-33-35-37-39-41-44-47-50-53-56-59-65(68)71-62-63(61-70-64(67)58-55-52-49-46-43-24-21-18-15-12-9-6-3)72-66(69)60-57-54-51-48-45-42-40-38-36-34-32-30-28-26-23-20-17-14-11-8-5-2/h7-8,10-11,16-21,25-28,31-34,63H,4-6,9,12-15,22-24,29-30,35-62H2,1-3H3/b10-7-,11-8-,19-16-,20-17-,21-18-,27-25-,28-26-,33-31-,34-32-. The maximum absolute atomic E-state index is 12.9. The molecule has 0 aliphatic heterocycles. The highest BCUT2D eigenvalue weighted by atomic mass is 16.6. The van der Waals surface area contributed by atoms with Crippen molar-refractivity contribution >= 4 is 17.9 Å². The Morgan fingerprint density at radius 1 is 0.292 bits per heavy atom. The van der Waals surface area contributed by atoms with Crippen molar-refractivity contribution in [2.24, 2.45) is 0 Å². The topological polar surface area (TPSA) is 78.9 Å². The average Bonchev–Trinajstić information content (AvgIpc) is 3.38. The van der Waals surface area contributed by atoms with Gasteiger partial charge in [0.2, 0.25) is 0 Å². The zero-order valence-electron chi connectivity index (χ0n) is 46.9. The van der Waals surface area contributed by atoms with Crippen LogP contribution in [0.4, 0.5) is 0 Å². The Kier molecular flexibility index (Phi) is 56.4. The molecular weight excluding hydrogens is 889 g/mol. The van der Waals surface area contributed by atoms with Crippen molar-refractivity contribution in [1.29, 1.82) is 0 Å². The van der Waals surface area contributed by atoms with Gasteiger partial charge in [-0.15, -0.1) is 0 Å². The summed E-state index contributed by atoms with van der Waals surface area (Å²) in [6.45, 7) is 6.38. The molecule has 0 spiro atoms. The molecule has 410 valence electrons. The van der Waals surface area contributed by atoms with Crippen LogP contribution in [0, 0.1) is 0 Å². The van der Waals surface area contributed by atoms with Crippen molar-refractivity contribution in [2.45, 2.75) is 277 Å². The molecule has 6 heteroatoms. The molecular formula is C66H110O6. The molecule has 0 N–H and O–H groups in total. The zero-order valence-corrected chi connectivity index (χ0v) is 46.9. The van der Waals surface area contributed by atoms with Crippen molar-refractivity contribution in [1.82, 2.24) is 0 Å². The minimum atomic E-state index is -0.792. The number of hydrogen-bond donors (Lipinski definition) is 0. The molecule has 0 bridgehead atoms. The van der Waals surface area contributed by atoms with Crippen molar-refractivity contribution in [2.75, 3.05) is 13.2 Å². The summed E-state index contributed by atoms with van der Waals surface area (Å²) in [7, 11) is 0. The molecule has 0 aromatic heterocycles. The quantitative estimate of drug-likeness (QED) is 0.0261. The van der Waals surface area contributed by atoms with E-state index in [9.17, 15) is 14.4 Å². The molecule has 6 nitrogen and oxygen atoms in total. The van der Waals surface area contributed by atoms with E-state index < -0.39 is 6.10 Å². The van der Waals surface area contributed by atoms with E-state index in [2.05, 4.69) is 130 Å². The third-order valence-corrected chi connectivity index (χ3v) is 12.5. The second kappa shape index (κ2) is 59.6. The molecule has 0 amide bonds. The molecule has 0 saturated carbocycles. The van der Waals surface area contributed by atoms with Crippen LogP contribution >= 0.6 is 0 Å². The summed E-state index contributed by atoms with van der Waals surface area (Å²) in [6.07, 6.45) is 80.8. The third-order valence-electron chi connectivity index (χ3n) is 12.5. The molecule has 0 aliphatic rings. The van der Waals surface area contributed by atoms with Crippen molar-refractivity contribution in [3.63, 3.8) is 0 Å². The minimum Gasteiger partial charge on any atom is -0.462 e. The molecule has 0 radical (unpaired) electrons. The first kappa shape index (κ1) is 68.1. The first-order valence-electron chi connectivity index (χ1n) is 29.9. The van der Waals surface area contributed by atoms with Gasteiger partial charge in [-0.25, -0.2) is 0 Å². The predicted molar refractivity (Wildman–Crippen MR) is 311 cm³/mol. The van der Waals surface area contributed by atoms with Crippen LogP contribution in [-0.2, 0) is 28.6 Å². The first-order valence-corrected chi connectivity index (χ1v) is 29.9. The van der Waals surface area contributed by atoms with E-state index in [4.69, 9.17) is 14.2 Å². The maximum atomic E-state index is 12.9. The molecule has 0 heterocycles. The third kappa shape index (κ3) is 57.0. The largest absolute Gasteiger partial charge is 0.462 e. The summed E-state index contributed by atoms with van der Waals surface area (Å²) in [5, 5.41) is 0. The predicted octanol–water partition coefficient (Wildman–Crippen LogP) is 20.3. The second-order valence-electron chi connectivity index (χ2n) is 19.5. The Morgan fingerprint density at radius 2 is 0.542 bits per heavy atom. The first-order chi connectivity index (χ1) is 35.5. The Balaban J connectivity index is 4.38. The smallest absolute Gasteiger partial charge is 0.306 e. The lowest BCUT2D eigenvalue weighted by Gasteiger charge is -2.18. The van der Waals surface area contributed by atoms with Crippen molar-refractivity contribution in [3.05, 3.63) is 109 Å². The minimum absolute atomic E-state index is 0.0891. The summed E-state index contributed by atoms with van der Waals surface area (Å²) >= 11 is 0. The SMILES string of the molecule is CC/C=C\C/C=C\C/C=C\C/C=C\CCCCCCCCCCC(=O)OCC(COC(=O)CCCCCCC/C=C\CCCCC)OC(=O)CCCCCCCCCC/C=C\C/C=C\C/C=C\C/C=C\CC. The number of hydrogen-bond acceptors (Lipinski definition) is 6. The van der Waals surface area contributed by atoms with Crippen molar-refractivity contribution in [3.8, 4) is 0 Å². The number of carbonyl (C=O) groups is 3. The highest BCUT2D eigenvalue weighted by Gasteiger charge is 2.19.